The van der Waals surface area contributed by atoms with E-state index in [4.69, 9.17) is 0 Å². The van der Waals surface area contributed by atoms with Gasteiger partial charge in [-0.25, -0.2) is 0 Å². The monoisotopic (exact) mass is 137 g/mol. The minimum absolute atomic E-state index is 0.527. The predicted octanol–water partition coefficient (Wildman–Crippen LogP) is 1.68. The third-order valence-electron chi connectivity index (χ3n) is 2.13. The molecule has 1 aliphatic rings. The molecule has 1 nitrogen and oxygen atoms in total. The molecular formula is C9H15N. The zero-order valence-electron chi connectivity index (χ0n) is 6.64. The van der Waals surface area contributed by atoms with E-state index < -0.39 is 0 Å². The summed E-state index contributed by atoms with van der Waals surface area (Å²) in [4.78, 5) is 2.32. The molecular weight excluding hydrogens is 122 g/mol. The molecule has 0 amide bonds. The zero-order valence-corrected chi connectivity index (χ0v) is 6.64. The third kappa shape index (κ3) is 1.48. The second-order valence-corrected chi connectivity index (χ2v) is 3.01. The molecule has 0 aliphatic carbocycles. The summed E-state index contributed by atoms with van der Waals surface area (Å²) in [6, 6.07) is 0. The quantitative estimate of drug-likeness (QED) is 0.497. The SMILES string of the molecule is C=CC1CN(C)CCC1=C. The highest BCUT2D eigenvalue weighted by molar-refractivity contribution is 5.11. The number of nitrogens with zero attached hydrogens (tertiary/aromatic N) is 1. The van der Waals surface area contributed by atoms with Crippen molar-refractivity contribution in [1.82, 2.24) is 4.90 Å². The Balaban J connectivity index is 2.53. The van der Waals surface area contributed by atoms with E-state index in [9.17, 15) is 0 Å². The van der Waals surface area contributed by atoms with Gasteiger partial charge < -0.3 is 4.90 Å². The van der Waals surface area contributed by atoms with Crippen LogP contribution >= 0.6 is 0 Å². The smallest absolute Gasteiger partial charge is 0.00995 e. The highest BCUT2D eigenvalue weighted by Gasteiger charge is 2.16. The molecule has 0 spiro atoms. The summed E-state index contributed by atoms with van der Waals surface area (Å²) in [5, 5.41) is 0. The van der Waals surface area contributed by atoms with Gasteiger partial charge in [-0.1, -0.05) is 18.2 Å². The van der Waals surface area contributed by atoms with Crippen LogP contribution in [-0.2, 0) is 0 Å². The van der Waals surface area contributed by atoms with Gasteiger partial charge >= 0.3 is 0 Å². The van der Waals surface area contributed by atoms with Crippen molar-refractivity contribution >= 4 is 0 Å². The molecule has 0 radical (unpaired) electrons. The summed E-state index contributed by atoms with van der Waals surface area (Å²) in [7, 11) is 2.14. The standard InChI is InChI=1S/C9H15N/c1-4-9-7-10(3)6-5-8(9)2/h4,9H,1-2,5-7H2,3H3. The normalized spacial score (nSPS) is 28.5. The van der Waals surface area contributed by atoms with Gasteiger partial charge in [0.15, 0.2) is 0 Å². The summed E-state index contributed by atoms with van der Waals surface area (Å²) in [6.07, 6.45) is 3.13. The van der Waals surface area contributed by atoms with E-state index in [1.165, 1.54) is 5.57 Å². The van der Waals surface area contributed by atoms with Crippen molar-refractivity contribution in [3.05, 3.63) is 24.8 Å². The molecule has 1 unspecified atom stereocenters. The van der Waals surface area contributed by atoms with Crippen LogP contribution in [0.5, 0.6) is 0 Å². The van der Waals surface area contributed by atoms with E-state index in [1.54, 1.807) is 0 Å². The Hall–Kier alpha value is -0.560. The second kappa shape index (κ2) is 3.02. The van der Waals surface area contributed by atoms with Gasteiger partial charge in [-0.05, 0) is 13.5 Å². The molecule has 1 fully saturated rings. The van der Waals surface area contributed by atoms with Crippen LogP contribution in [0.2, 0.25) is 0 Å². The molecule has 0 aromatic rings. The summed E-state index contributed by atoms with van der Waals surface area (Å²) in [5.41, 5.74) is 1.34. The fraction of sp³-hybridized carbons (Fsp3) is 0.556. The van der Waals surface area contributed by atoms with Crippen molar-refractivity contribution in [2.45, 2.75) is 6.42 Å². The van der Waals surface area contributed by atoms with E-state index in [1.807, 2.05) is 6.08 Å². The van der Waals surface area contributed by atoms with Gasteiger partial charge in [0.1, 0.15) is 0 Å². The average molecular weight is 137 g/mol. The highest BCUT2D eigenvalue weighted by Crippen LogP contribution is 2.20. The molecule has 0 bridgehead atoms. The van der Waals surface area contributed by atoms with Crippen LogP contribution in [0.1, 0.15) is 6.42 Å². The Labute approximate surface area is 63.0 Å². The molecule has 1 atom stereocenters. The fourth-order valence-electron chi connectivity index (χ4n) is 1.32. The van der Waals surface area contributed by atoms with Crippen molar-refractivity contribution in [3.63, 3.8) is 0 Å². The Bertz CT molecular complexity index is 149. The predicted molar refractivity (Wildman–Crippen MR) is 44.9 cm³/mol. The Morgan fingerprint density at radius 3 is 2.90 bits per heavy atom. The molecule has 1 aliphatic heterocycles. The first-order valence-electron chi connectivity index (χ1n) is 3.73. The lowest BCUT2D eigenvalue weighted by Gasteiger charge is -2.29. The topological polar surface area (TPSA) is 3.24 Å². The minimum Gasteiger partial charge on any atom is -0.305 e. The summed E-state index contributed by atoms with van der Waals surface area (Å²) in [5.74, 6) is 0.527. The maximum Gasteiger partial charge on any atom is 0.00995 e. The maximum atomic E-state index is 4.00. The molecule has 0 saturated carbocycles. The highest BCUT2D eigenvalue weighted by atomic mass is 15.1. The first kappa shape index (κ1) is 7.55. The fourth-order valence-corrected chi connectivity index (χ4v) is 1.32. The van der Waals surface area contributed by atoms with Crippen molar-refractivity contribution < 1.29 is 0 Å². The molecule has 1 rings (SSSR count). The summed E-state index contributed by atoms with van der Waals surface area (Å²) >= 11 is 0. The number of piperidine rings is 1. The van der Waals surface area contributed by atoms with Gasteiger partial charge in [-0.15, -0.1) is 6.58 Å². The van der Waals surface area contributed by atoms with Gasteiger partial charge in [-0.3, -0.25) is 0 Å². The van der Waals surface area contributed by atoms with E-state index in [-0.39, 0.29) is 0 Å². The van der Waals surface area contributed by atoms with Gasteiger partial charge in [0.05, 0.1) is 0 Å². The lowest BCUT2D eigenvalue weighted by molar-refractivity contribution is 0.281. The van der Waals surface area contributed by atoms with Gasteiger partial charge in [-0.2, -0.15) is 0 Å². The number of hydrogen-bond acceptors (Lipinski definition) is 1. The van der Waals surface area contributed by atoms with Crippen molar-refractivity contribution in [1.29, 1.82) is 0 Å². The van der Waals surface area contributed by atoms with Crippen LogP contribution in [0, 0.1) is 5.92 Å². The van der Waals surface area contributed by atoms with Crippen molar-refractivity contribution in [2.75, 3.05) is 20.1 Å². The van der Waals surface area contributed by atoms with E-state index in [0.29, 0.717) is 5.92 Å². The zero-order chi connectivity index (χ0) is 7.56. The molecule has 0 aromatic heterocycles. The molecule has 10 heavy (non-hydrogen) atoms. The van der Waals surface area contributed by atoms with Crippen LogP contribution in [-0.4, -0.2) is 25.0 Å². The molecule has 0 aromatic carbocycles. The van der Waals surface area contributed by atoms with E-state index in [2.05, 4.69) is 25.1 Å². The Morgan fingerprint density at radius 1 is 1.70 bits per heavy atom. The number of likely N-dealkylation sites (tertiary alicyclic amines) is 1. The van der Waals surface area contributed by atoms with Crippen LogP contribution in [0.15, 0.2) is 24.8 Å². The Morgan fingerprint density at radius 2 is 2.40 bits per heavy atom. The second-order valence-electron chi connectivity index (χ2n) is 3.01. The van der Waals surface area contributed by atoms with Crippen molar-refractivity contribution in [2.24, 2.45) is 5.92 Å². The molecule has 1 heterocycles. The van der Waals surface area contributed by atoms with E-state index in [0.717, 1.165) is 19.5 Å². The van der Waals surface area contributed by atoms with Gasteiger partial charge in [0.25, 0.3) is 0 Å². The van der Waals surface area contributed by atoms with Crippen molar-refractivity contribution in [3.8, 4) is 0 Å². The van der Waals surface area contributed by atoms with Crippen LogP contribution in [0.3, 0.4) is 0 Å². The first-order valence-corrected chi connectivity index (χ1v) is 3.73. The first-order chi connectivity index (χ1) is 4.74. The molecule has 56 valence electrons. The summed E-state index contributed by atoms with van der Waals surface area (Å²) < 4.78 is 0. The maximum absolute atomic E-state index is 4.00. The Kier molecular flexibility index (Phi) is 2.28. The van der Waals surface area contributed by atoms with Gasteiger partial charge in [0, 0.05) is 19.0 Å². The number of rotatable bonds is 1. The minimum atomic E-state index is 0.527. The van der Waals surface area contributed by atoms with Gasteiger partial charge in [0.2, 0.25) is 0 Å². The lowest BCUT2D eigenvalue weighted by Crippen LogP contribution is -2.32. The summed E-state index contributed by atoms with van der Waals surface area (Å²) in [6.45, 7) is 10.0. The molecule has 1 saturated heterocycles. The lowest BCUT2D eigenvalue weighted by atomic mass is 9.94. The number of hydrogen-bond donors (Lipinski definition) is 0. The van der Waals surface area contributed by atoms with E-state index >= 15 is 0 Å². The van der Waals surface area contributed by atoms with Crippen LogP contribution in [0.25, 0.3) is 0 Å². The third-order valence-corrected chi connectivity index (χ3v) is 2.13. The average Bonchev–Trinajstić information content (AvgIpc) is 1.94. The molecule has 1 heteroatoms. The van der Waals surface area contributed by atoms with Crippen LogP contribution < -0.4 is 0 Å². The van der Waals surface area contributed by atoms with Crippen LogP contribution in [0.4, 0.5) is 0 Å². The largest absolute Gasteiger partial charge is 0.305 e. The molecule has 0 N–H and O–H groups in total.